The minimum Gasteiger partial charge on any atom is -0.361 e. The van der Waals surface area contributed by atoms with Gasteiger partial charge < -0.3 is 4.98 Å². The van der Waals surface area contributed by atoms with Crippen LogP contribution >= 0.6 is 12.6 Å². The van der Waals surface area contributed by atoms with E-state index in [1.807, 2.05) is 0 Å². The quantitative estimate of drug-likeness (QED) is 0.825. The van der Waals surface area contributed by atoms with E-state index < -0.39 is 0 Å². The van der Waals surface area contributed by atoms with Gasteiger partial charge in [0.2, 0.25) is 0 Å². The predicted molar refractivity (Wildman–Crippen MR) is 92.4 cm³/mol. The van der Waals surface area contributed by atoms with Gasteiger partial charge in [0.15, 0.2) is 0 Å². The molecule has 2 heterocycles. The highest BCUT2D eigenvalue weighted by molar-refractivity contribution is 7.80. The van der Waals surface area contributed by atoms with Crippen molar-refractivity contribution >= 4 is 23.5 Å². The number of rotatable bonds is 3. The Kier molecular flexibility index (Phi) is 3.50. The smallest absolute Gasteiger partial charge is 0.0459 e. The summed E-state index contributed by atoms with van der Waals surface area (Å²) in [7, 11) is 0. The van der Waals surface area contributed by atoms with Crippen LogP contribution in [-0.2, 0) is 6.42 Å². The Hall–Kier alpha value is -0.930. The van der Waals surface area contributed by atoms with Crippen molar-refractivity contribution in [1.82, 2.24) is 9.88 Å². The largest absolute Gasteiger partial charge is 0.361 e. The number of hydrogen-bond acceptors (Lipinski definition) is 2. The van der Waals surface area contributed by atoms with Crippen LogP contribution in [0, 0.1) is 5.92 Å². The summed E-state index contributed by atoms with van der Waals surface area (Å²) in [5.41, 5.74) is 4.41. The Bertz CT molecular complexity index is 648. The third-order valence-electron chi connectivity index (χ3n) is 5.43. The van der Waals surface area contributed by atoms with Crippen LogP contribution in [-0.4, -0.2) is 34.8 Å². The van der Waals surface area contributed by atoms with Crippen LogP contribution in [0.15, 0.2) is 24.4 Å². The van der Waals surface area contributed by atoms with Crippen molar-refractivity contribution in [2.45, 2.75) is 38.1 Å². The maximum absolute atomic E-state index is 4.60. The first-order valence-corrected chi connectivity index (χ1v) is 8.88. The van der Waals surface area contributed by atoms with Gasteiger partial charge in [-0.25, -0.2) is 0 Å². The minimum absolute atomic E-state index is 0.689. The third kappa shape index (κ3) is 2.13. The van der Waals surface area contributed by atoms with E-state index >= 15 is 0 Å². The zero-order valence-electron chi connectivity index (χ0n) is 12.7. The molecule has 0 unspecified atom stereocenters. The van der Waals surface area contributed by atoms with E-state index in [-0.39, 0.29) is 0 Å². The lowest BCUT2D eigenvalue weighted by Crippen LogP contribution is -2.50. The van der Waals surface area contributed by atoms with Gasteiger partial charge >= 0.3 is 0 Å². The molecule has 1 saturated heterocycles. The molecule has 1 aromatic heterocycles. The van der Waals surface area contributed by atoms with Gasteiger partial charge in [-0.1, -0.05) is 19.1 Å². The van der Waals surface area contributed by atoms with Crippen LogP contribution in [0.4, 0.5) is 0 Å². The maximum atomic E-state index is 4.60. The number of thiol groups is 1. The zero-order chi connectivity index (χ0) is 14.4. The van der Waals surface area contributed by atoms with E-state index in [1.165, 1.54) is 48.8 Å². The van der Waals surface area contributed by atoms with Crippen molar-refractivity contribution in [3.63, 3.8) is 0 Å². The molecule has 0 spiro atoms. The summed E-state index contributed by atoms with van der Waals surface area (Å²) in [5.74, 6) is 2.44. The first-order valence-electron chi connectivity index (χ1n) is 8.25. The Morgan fingerprint density at radius 3 is 3.10 bits per heavy atom. The van der Waals surface area contributed by atoms with E-state index in [2.05, 4.69) is 53.8 Å². The summed E-state index contributed by atoms with van der Waals surface area (Å²) in [6.45, 7) is 4.75. The van der Waals surface area contributed by atoms with Crippen molar-refractivity contribution in [3.8, 4) is 0 Å². The van der Waals surface area contributed by atoms with Crippen molar-refractivity contribution < 1.29 is 0 Å². The number of nitrogens with zero attached hydrogens (tertiary/aromatic N) is 1. The van der Waals surface area contributed by atoms with Crippen molar-refractivity contribution in [2.75, 3.05) is 18.8 Å². The van der Waals surface area contributed by atoms with Gasteiger partial charge in [0.1, 0.15) is 0 Å². The van der Waals surface area contributed by atoms with Gasteiger partial charge in [-0.3, -0.25) is 4.90 Å². The fourth-order valence-corrected chi connectivity index (χ4v) is 4.84. The van der Waals surface area contributed by atoms with Gasteiger partial charge in [0.05, 0.1) is 0 Å². The molecule has 0 bridgehead atoms. The van der Waals surface area contributed by atoms with Crippen LogP contribution in [0.25, 0.3) is 10.9 Å². The molecule has 2 aromatic rings. The van der Waals surface area contributed by atoms with E-state index in [4.69, 9.17) is 0 Å². The van der Waals surface area contributed by atoms with Crippen LogP contribution in [0.3, 0.4) is 0 Å². The molecule has 2 nitrogen and oxygen atoms in total. The Balaban J connectivity index is 1.79. The average molecular weight is 300 g/mol. The van der Waals surface area contributed by atoms with Gasteiger partial charge in [0.25, 0.3) is 0 Å². The molecular formula is C18H24N2S. The molecule has 1 fully saturated rings. The number of hydrogen-bond donors (Lipinski definition) is 2. The second-order valence-corrected chi connectivity index (χ2v) is 7.11. The highest BCUT2D eigenvalue weighted by Crippen LogP contribution is 2.44. The van der Waals surface area contributed by atoms with E-state index in [9.17, 15) is 0 Å². The topological polar surface area (TPSA) is 19.0 Å². The summed E-state index contributed by atoms with van der Waals surface area (Å²) in [6, 6.07) is 7.48. The van der Waals surface area contributed by atoms with Crippen molar-refractivity contribution in [2.24, 2.45) is 5.92 Å². The summed E-state index contributed by atoms with van der Waals surface area (Å²) in [4.78, 5) is 6.21. The highest BCUT2D eigenvalue weighted by Gasteiger charge is 2.39. The lowest BCUT2D eigenvalue weighted by molar-refractivity contribution is 0.0927. The predicted octanol–water partition coefficient (Wildman–Crippen LogP) is 3.84. The molecule has 4 rings (SSSR count). The number of H-pyrrole nitrogens is 1. The highest BCUT2D eigenvalue weighted by atomic mass is 32.1. The fourth-order valence-electron chi connectivity index (χ4n) is 4.58. The fraction of sp³-hybridized carbons (Fsp3) is 0.556. The summed E-state index contributed by atoms with van der Waals surface area (Å²) in [6.07, 6.45) is 5.99. The van der Waals surface area contributed by atoms with Gasteiger partial charge in [-0.15, -0.1) is 0 Å². The molecule has 1 aliphatic carbocycles. The molecule has 1 N–H and O–H groups in total. The molecule has 3 heteroatoms. The molecule has 3 atom stereocenters. The average Bonchev–Trinajstić information content (AvgIpc) is 2.93. The molecule has 0 saturated carbocycles. The second-order valence-electron chi connectivity index (χ2n) is 6.74. The van der Waals surface area contributed by atoms with Crippen molar-refractivity contribution in [3.05, 3.63) is 35.5 Å². The SMILES string of the molecule is CCCN1C[C@H](CS)C[C@@H]2c3cccc4[nH]cc(c34)C[C@H]21. The Morgan fingerprint density at radius 2 is 2.29 bits per heavy atom. The van der Waals surface area contributed by atoms with E-state index in [0.29, 0.717) is 12.0 Å². The van der Waals surface area contributed by atoms with Crippen LogP contribution < -0.4 is 0 Å². The molecule has 0 amide bonds. The third-order valence-corrected chi connectivity index (χ3v) is 5.95. The molecule has 0 radical (unpaired) electrons. The van der Waals surface area contributed by atoms with Crippen molar-refractivity contribution in [1.29, 1.82) is 0 Å². The molecular weight excluding hydrogens is 276 g/mol. The summed E-state index contributed by atoms with van der Waals surface area (Å²) in [5, 5.41) is 1.51. The number of likely N-dealkylation sites (tertiary alicyclic amines) is 1. The minimum atomic E-state index is 0.689. The molecule has 21 heavy (non-hydrogen) atoms. The number of piperidine rings is 1. The monoisotopic (exact) mass is 300 g/mol. The lowest BCUT2D eigenvalue weighted by atomic mass is 9.72. The van der Waals surface area contributed by atoms with Crippen LogP contribution in [0.5, 0.6) is 0 Å². The normalized spacial score (nSPS) is 28.8. The number of fused-ring (bicyclic) bond motifs is 2. The van der Waals surface area contributed by atoms with Gasteiger partial charge in [-0.2, -0.15) is 12.6 Å². The second kappa shape index (κ2) is 5.36. The number of benzene rings is 1. The number of aromatic amines is 1. The molecule has 112 valence electrons. The van der Waals surface area contributed by atoms with Crippen LogP contribution in [0.2, 0.25) is 0 Å². The molecule has 1 aliphatic heterocycles. The van der Waals surface area contributed by atoms with E-state index in [1.54, 1.807) is 5.56 Å². The summed E-state index contributed by atoms with van der Waals surface area (Å²) >= 11 is 4.60. The number of aromatic nitrogens is 1. The maximum Gasteiger partial charge on any atom is 0.0459 e. The number of nitrogens with one attached hydrogen (secondary N) is 1. The first-order chi connectivity index (χ1) is 10.3. The summed E-state index contributed by atoms with van der Waals surface area (Å²) < 4.78 is 0. The van der Waals surface area contributed by atoms with E-state index in [0.717, 1.165) is 11.7 Å². The first kappa shape index (κ1) is 13.7. The Morgan fingerprint density at radius 1 is 1.38 bits per heavy atom. The zero-order valence-corrected chi connectivity index (χ0v) is 13.6. The lowest BCUT2D eigenvalue weighted by Gasteiger charge is -2.47. The standard InChI is InChI=1S/C18H24N2S/c1-2-6-20-10-12(11-21)7-15-14-4-3-5-16-18(14)13(9-19-16)8-17(15)20/h3-5,9,12,15,17,19,21H,2,6-8,10-11H2,1H3/t12-,15-,17-/m1/s1. The van der Waals surface area contributed by atoms with Gasteiger partial charge in [0, 0.05) is 35.6 Å². The van der Waals surface area contributed by atoms with Crippen LogP contribution in [0.1, 0.15) is 36.8 Å². The van der Waals surface area contributed by atoms with Gasteiger partial charge in [-0.05, 0) is 54.7 Å². The Labute approximate surface area is 132 Å². The molecule has 2 aliphatic rings. The molecule has 1 aromatic carbocycles.